The van der Waals surface area contributed by atoms with E-state index in [9.17, 15) is 8.42 Å². The fraction of sp³-hybridized carbons (Fsp3) is 0.250. The van der Waals surface area contributed by atoms with Gasteiger partial charge < -0.3 is 5.73 Å². The Kier molecular flexibility index (Phi) is 5.50. The normalized spacial score (nSPS) is 13.0. The Balaban J connectivity index is 1.85. The Morgan fingerprint density at radius 2 is 1.43 bits per heavy atom. The van der Waals surface area contributed by atoms with Crippen LogP contribution in [0.5, 0.6) is 0 Å². The first kappa shape index (κ1) is 15.7. The summed E-state index contributed by atoms with van der Waals surface area (Å²) in [5.41, 5.74) is 7.91. The monoisotopic (exact) mass is 304 g/mol. The summed E-state index contributed by atoms with van der Waals surface area (Å²) in [7, 11) is -3.37. The molecule has 0 saturated carbocycles. The zero-order chi connectivity index (χ0) is 15.1. The average molecular weight is 304 g/mol. The minimum Gasteiger partial charge on any atom is -0.326 e. The van der Waals surface area contributed by atoms with Crippen molar-refractivity contribution in [2.75, 3.05) is 5.75 Å². The molecule has 0 saturated heterocycles. The van der Waals surface area contributed by atoms with Gasteiger partial charge in [-0.2, -0.15) is 0 Å². The van der Waals surface area contributed by atoms with Crippen molar-refractivity contribution >= 4 is 10.0 Å². The lowest BCUT2D eigenvalue weighted by molar-refractivity contribution is 0.571. The number of hydrogen-bond acceptors (Lipinski definition) is 3. The van der Waals surface area contributed by atoms with Gasteiger partial charge in [-0.25, -0.2) is 13.1 Å². The van der Waals surface area contributed by atoms with Gasteiger partial charge in [0.2, 0.25) is 10.0 Å². The zero-order valence-corrected chi connectivity index (χ0v) is 12.6. The second-order valence-corrected chi connectivity index (χ2v) is 6.89. The van der Waals surface area contributed by atoms with Gasteiger partial charge >= 0.3 is 0 Å². The number of benzene rings is 2. The fourth-order valence-corrected chi connectivity index (χ4v) is 3.29. The van der Waals surface area contributed by atoms with E-state index in [1.165, 1.54) is 0 Å². The van der Waals surface area contributed by atoms with Crippen LogP contribution in [0.4, 0.5) is 0 Å². The van der Waals surface area contributed by atoms with Crippen molar-refractivity contribution in [3.05, 3.63) is 71.8 Å². The van der Waals surface area contributed by atoms with Crippen molar-refractivity contribution in [2.45, 2.75) is 19.0 Å². The molecule has 4 nitrogen and oxygen atoms in total. The zero-order valence-electron chi connectivity index (χ0n) is 11.8. The molecule has 112 valence electrons. The molecule has 0 bridgehead atoms. The minimum absolute atomic E-state index is 0.0747. The molecule has 0 aromatic heterocycles. The van der Waals surface area contributed by atoms with Gasteiger partial charge in [-0.05, 0) is 17.5 Å². The van der Waals surface area contributed by atoms with E-state index in [1.807, 2.05) is 60.7 Å². The van der Waals surface area contributed by atoms with Gasteiger partial charge in [-0.3, -0.25) is 0 Å². The van der Waals surface area contributed by atoms with Crippen molar-refractivity contribution in [1.29, 1.82) is 0 Å². The molecule has 0 unspecified atom stereocenters. The standard InChI is InChI=1S/C16H20N2O2S/c17-16(11-14-7-3-1-4-8-14)13-21(19,20)18-12-15-9-5-2-6-10-15/h1-10,16,18H,11-13,17H2/t16-/m0/s1. The second-order valence-electron chi connectivity index (χ2n) is 5.04. The van der Waals surface area contributed by atoms with Crippen molar-refractivity contribution in [3.63, 3.8) is 0 Å². The highest BCUT2D eigenvalue weighted by Crippen LogP contribution is 2.04. The van der Waals surface area contributed by atoms with Crippen LogP contribution < -0.4 is 10.5 Å². The van der Waals surface area contributed by atoms with E-state index in [0.29, 0.717) is 13.0 Å². The summed E-state index contributed by atoms with van der Waals surface area (Å²) >= 11 is 0. The van der Waals surface area contributed by atoms with Crippen LogP contribution in [-0.2, 0) is 23.0 Å². The predicted octanol–water partition coefficient (Wildman–Crippen LogP) is 1.68. The molecule has 0 fully saturated rings. The minimum atomic E-state index is -3.37. The highest BCUT2D eigenvalue weighted by molar-refractivity contribution is 7.89. The molecule has 0 radical (unpaired) electrons. The van der Waals surface area contributed by atoms with Crippen molar-refractivity contribution < 1.29 is 8.42 Å². The van der Waals surface area contributed by atoms with E-state index in [2.05, 4.69) is 4.72 Å². The molecule has 0 heterocycles. The highest BCUT2D eigenvalue weighted by atomic mass is 32.2. The molecule has 5 heteroatoms. The van der Waals surface area contributed by atoms with E-state index in [1.54, 1.807) is 0 Å². The summed E-state index contributed by atoms with van der Waals surface area (Å²) in [4.78, 5) is 0. The third-order valence-corrected chi connectivity index (χ3v) is 4.56. The van der Waals surface area contributed by atoms with Crippen LogP contribution in [0.2, 0.25) is 0 Å². The van der Waals surface area contributed by atoms with E-state index in [0.717, 1.165) is 11.1 Å². The van der Waals surface area contributed by atoms with Gasteiger partial charge in [0.15, 0.2) is 0 Å². The predicted molar refractivity (Wildman–Crippen MR) is 85.2 cm³/mol. The molecule has 0 aliphatic rings. The Bertz CT molecular complexity index is 642. The number of nitrogens with two attached hydrogens (primary N) is 1. The summed E-state index contributed by atoms with van der Waals surface area (Å²) < 4.78 is 26.6. The lowest BCUT2D eigenvalue weighted by atomic mass is 10.1. The highest BCUT2D eigenvalue weighted by Gasteiger charge is 2.16. The molecule has 0 spiro atoms. The third-order valence-electron chi connectivity index (χ3n) is 3.11. The number of sulfonamides is 1. The Morgan fingerprint density at radius 1 is 0.905 bits per heavy atom. The number of rotatable bonds is 7. The summed E-state index contributed by atoms with van der Waals surface area (Å²) in [5.74, 6) is -0.0747. The molecule has 21 heavy (non-hydrogen) atoms. The molecule has 1 atom stereocenters. The van der Waals surface area contributed by atoms with E-state index in [-0.39, 0.29) is 5.75 Å². The van der Waals surface area contributed by atoms with Gasteiger partial charge in [0, 0.05) is 12.6 Å². The van der Waals surface area contributed by atoms with Gasteiger partial charge in [-0.15, -0.1) is 0 Å². The molecule has 2 rings (SSSR count). The molecular formula is C16H20N2O2S. The molecule has 3 N–H and O–H groups in total. The molecule has 2 aromatic rings. The van der Waals surface area contributed by atoms with Gasteiger partial charge in [0.05, 0.1) is 5.75 Å². The number of nitrogens with one attached hydrogen (secondary N) is 1. The molecule has 2 aromatic carbocycles. The average Bonchev–Trinajstić information content (AvgIpc) is 2.47. The maximum atomic E-state index is 12.0. The maximum Gasteiger partial charge on any atom is 0.213 e. The Morgan fingerprint density at radius 3 is 2.00 bits per heavy atom. The molecule has 0 aliphatic carbocycles. The van der Waals surface area contributed by atoms with E-state index in [4.69, 9.17) is 5.73 Å². The largest absolute Gasteiger partial charge is 0.326 e. The summed E-state index contributed by atoms with van der Waals surface area (Å²) in [5, 5.41) is 0. The van der Waals surface area contributed by atoms with Gasteiger partial charge in [-0.1, -0.05) is 60.7 Å². The third kappa shape index (κ3) is 5.67. The van der Waals surface area contributed by atoms with Crippen LogP contribution in [0, 0.1) is 0 Å². The second kappa shape index (κ2) is 7.36. The summed E-state index contributed by atoms with van der Waals surface area (Å²) in [6, 6.07) is 18.7. The van der Waals surface area contributed by atoms with Crippen LogP contribution >= 0.6 is 0 Å². The first-order valence-electron chi connectivity index (χ1n) is 6.86. The van der Waals surface area contributed by atoms with Crippen molar-refractivity contribution in [3.8, 4) is 0 Å². The van der Waals surface area contributed by atoms with Crippen LogP contribution in [0.3, 0.4) is 0 Å². The van der Waals surface area contributed by atoms with Crippen molar-refractivity contribution in [1.82, 2.24) is 4.72 Å². The summed E-state index contributed by atoms with van der Waals surface area (Å²) in [6.07, 6.45) is 0.549. The quantitative estimate of drug-likeness (QED) is 0.817. The lowest BCUT2D eigenvalue weighted by Gasteiger charge is -2.13. The van der Waals surface area contributed by atoms with Crippen LogP contribution in [0.25, 0.3) is 0 Å². The smallest absolute Gasteiger partial charge is 0.213 e. The summed E-state index contributed by atoms with van der Waals surface area (Å²) in [6.45, 7) is 0.293. The molecular weight excluding hydrogens is 284 g/mol. The molecule has 0 amide bonds. The van der Waals surface area contributed by atoms with Crippen LogP contribution in [0.15, 0.2) is 60.7 Å². The topological polar surface area (TPSA) is 72.2 Å². The maximum absolute atomic E-state index is 12.0. The van der Waals surface area contributed by atoms with E-state index < -0.39 is 16.1 Å². The first-order valence-corrected chi connectivity index (χ1v) is 8.51. The Labute approximate surface area is 126 Å². The lowest BCUT2D eigenvalue weighted by Crippen LogP contribution is -2.37. The van der Waals surface area contributed by atoms with Crippen LogP contribution in [-0.4, -0.2) is 20.2 Å². The fourth-order valence-electron chi connectivity index (χ4n) is 2.11. The molecule has 0 aliphatic heterocycles. The van der Waals surface area contributed by atoms with E-state index >= 15 is 0 Å². The van der Waals surface area contributed by atoms with Gasteiger partial charge in [0.25, 0.3) is 0 Å². The first-order chi connectivity index (χ1) is 10.1. The number of hydrogen-bond donors (Lipinski definition) is 2. The van der Waals surface area contributed by atoms with Crippen molar-refractivity contribution in [2.24, 2.45) is 5.73 Å². The van der Waals surface area contributed by atoms with Gasteiger partial charge in [0.1, 0.15) is 0 Å². The Hall–Kier alpha value is -1.69. The van der Waals surface area contributed by atoms with Crippen LogP contribution in [0.1, 0.15) is 11.1 Å². The SMILES string of the molecule is N[C@@H](Cc1ccccc1)CS(=O)(=O)NCc1ccccc1.